The van der Waals surface area contributed by atoms with Gasteiger partial charge in [-0.3, -0.25) is 9.80 Å². The Morgan fingerprint density at radius 2 is 1.71 bits per heavy atom. The summed E-state index contributed by atoms with van der Waals surface area (Å²) in [7, 11) is 0. The molecule has 0 aromatic rings. The molecule has 1 saturated carbocycles. The fraction of sp³-hybridized carbons (Fsp3) is 1.00. The van der Waals surface area contributed by atoms with Crippen LogP contribution in [0.5, 0.6) is 0 Å². The first-order chi connectivity index (χ1) is 8.40. The molecule has 0 unspecified atom stereocenters. The lowest BCUT2D eigenvalue weighted by Gasteiger charge is -2.38. The molecule has 0 N–H and O–H groups in total. The van der Waals surface area contributed by atoms with Crippen LogP contribution in [-0.2, 0) is 4.74 Å². The smallest absolute Gasteiger partial charge is 0.0593 e. The fourth-order valence-corrected chi connectivity index (χ4v) is 3.11. The van der Waals surface area contributed by atoms with Crippen LogP contribution in [0.4, 0.5) is 0 Å². The maximum absolute atomic E-state index is 5.48. The van der Waals surface area contributed by atoms with Gasteiger partial charge < -0.3 is 4.74 Å². The van der Waals surface area contributed by atoms with Gasteiger partial charge in [-0.15, -0.1) is 0 Å². The molecule has 0 amide bonds. The average Bonchev–Trinajstić information content (AvgIpc) is 2.89. The van der Waals surface area contributed by atoms with Crippen LogP contribution in [0.25, 0.3) is 0 Å². The van der Waals surface area contributed by atoms with Gasteiger partial charge in [0.2, 0.25) is 0 Å². The molecule has 0 atom stereocenters. The zero-order valence-electron chi connectivity index (χ0n) is 10.8. The van der Waals surface area contributed by atoms with Crippen molar-refractivity contribution >= 4 is 12.6 Å². The minimum Gasteiger partial charge on any atom is -0.379 e. The second-order valence-corrected chi connectivity index (χ2v) is 5.60. The van der Waals surface area contributed by atoms with E-state index in [0.717, 1.165) is 31.6 Å². The maximum atomic E-state index is 5.48. The average molecular weight is 258 g/mol. The Kier molecular flexibility index (Phi) is 6.12. The Bertz CT molecular complexity index is 202. The summed E-state index contributed by atoms with van der Waals surface area (Å²) in [6, 6.07) is 0.901. The van der Waals surface area contributed by atoms with Gasteiger partial charge in [-0.2, -0.15) is 12.6 Å². The minimum atomic E-state index is 0.783. The third kappa shape index (κ3) is 4.43. The maximum Gasteiger partial charge on any atom is 0.0593 e. The first-order valence-corrected chi connectivity index (χ1v) is 7.68. The van der Waals surface area contributed by atoms with Crippen molar-refractivity contribution in [1.29, 1.82) is 0 Å². The van der Waals surface area contributed by atoms with Crippen molar-refractivity contribution < 1.29 is 4.74 Å². The van der Waals surface area contributed by atoms with E-state index >= 15 is 0 Å². The molecule has 0 radical (unpaired) electrons. The van der Waals surface area contributed by atoms with Crippen molar-refractivity contribution in [2.24, 2.45) is 0 Å². The van der Waals surface area contributed by atoms with Gasteiger partial charge in [-0.1, -0.05) is 12.8 Å². The predicted molar refractivity (Wildman–Crippen MR) is 74.9 cm³/mol. The molecule has 0 spiro atoms. The SMILES string of the molecule is SCCOCCN1CCN(C2CCCC2)CC1. The zero-order chi connectivity index (χ0) is 11.9. The first kappa shape index (κ1) is 13.7. The van der Waals surface area contributed by atoms with Crippen molar-refractivity contribution in [2.75, 3.05) is 51.7 Å². The van der Waals surface area contributed by atoms with E-state index in [4.69, 9.17) is 4.74 Å². The van der Waals surface area contributed by atoms with E-state index in [-0.39, 0.29) is 0 Å². The van der Waals surface area contributed by atoms with Gasteiger partial charge >= 0.3 is 0 Å². The summed E-state index contributed by atoms with van der Waals surface area (Å²) in [5, 5.41) is 0. The van der Waals surface area contributed by atoms with Crippen LogP contribution in [0.1, 0.15) is 25.7 Å². The summed E-state index contributed by atoms with van der Waals surface area (Å²) < 4.78 is 5.48. The molecule has 17 heavy (non-hydrogen) atoms. The van der Waals surface area contributed by atoms with Crippen LogP contribution in [0.3, 0.4) is 0 Å². The van der Waals surface area contributed by atoms with Crippen LogP contribution in [0.2, 0.25) is 0 Å². The Labute approximate surface area is 111 Å². The second kappa shape index (κ2) is 7.62. The predicted octanol–water partition coefficient (Wildman–Crippen LogP) is 1.49. The number of ether oxygens (including phenoxy) is 1. The van der Waals surface area contributed by atoms with E-state index in [1.807, 2.05) is 0 Å². The fourth-order valence-electron chi connectivity index (χ4n) is 2.98. The lowest BCUT2D eigenvalue weighted by molar-refractivity contribution is 0.0662. The van der Waals surface area contributed by atoms with Crippen LogP contribution in [0.15, 0.2) is 0 Å². The third-order valence-corrected chi connectivity index (χ3v) is 4.22. The van der Waals surface area contributed by atoms with Crippen molar-refractivity contribution in [3.63, 3.8) is 0 Å². The molecular weight excluding hydrogens is 232 g/mol. The van der Waals surface area contributed by atoms with Crippen LogP contribution in [0, 0.1) is 0 Å². The first-order valence-electron chi connectivity index (χ1n) is 7.05. The van der Waals surface area contributed by atoms with Crippen molar-refractivity contribution in [3.05, 3.63) is 0 Å². The molecule has 2 aliphatic rings. The molecule has 2 rings (SSSR count). The second-order valence-electron chi connectivity index (χ2n) is 5.15. The number of thiol groups is 1. The monoisotopic (exact) mass is 258 g/mol. The standard InChI is InChI=1S/C13H26N2OS/c17-12-11-16-10-9-14-5-7-15(8-6-14)13-3-1-2-4-13/h13,17H,1-12H2. The van der Waals surface area contributed by atoms with Crippen molar-refractivity contribution in [1.82, 2.24) is 9.80 Å². The molecule has 1 aliphatic carbocycles. The number of piperazine rings is 1. The normalized spacial score (nSPS) is 24.5. The summed E-state index contributed by atoms with van der Waals surface area (Å²) >= 11 is 4.14. The van der Waals surface area contributed by atoms with Gasteiger partial charge in [-0.25, -0.2) is 0 Å². The molecule has 4 heteroatoms. The van der Waals surface area contributed by atoms with Gasteiger partial charge in [0.25, 0.3) is 0 Å². The molecule has 100 valence electrons. The van der Waals surface area contributed by atoms with E-state index < -0.39 is 0 Å². The Hall–Kier alpha value is 0.230. The van der Waals surface area contributed by atoms with Gasteiger partial charge in [0.1, 0.15) is 0 Å². The quantitative estimate of drug-likeness (QED) is 0.574. The Morgan fingerprint density at radius 3 is 2.35 bits per heavy atom. The lowest BCUT2D eigenvalue weighted by atomic mass is 10.2. The molecule has 1 saturated heterocycles. The summed E-state index contributed by atoms with van der Waals surface area (Å²) in [4.78, 5) is 5.24. The molecule has 0 aromatic heterocycles. The molecule has 3 nitrogen and oxygen atoms in total. The summed E-state index contributed by atoms with van der Waals surface area (Å²) in [6.45, 7) is 7.71. The highest BCUT2D eigenvalue weighted by Gasteiger charge is 2.25. The van der Waals surface area contributed by atoms with Crippen molar-refractivity contribution in [2.45, 2.75) is 31.7 Å². The third-order valence-electron chi connectivity index (χ3n) is 4.04. The van der Waals surface area contributed by atoms with Crippen LogP contribution < -0.4 is 0 Å². The highest BCUT2D eigenvalue weighted by Crippen LogP contribution is 2.24. The molecule has 2 fully saturated rings. The largest absolute Gasteiger partial charge is 0.379 e. The topological polar surface area (TPSA) is 15.7 Å². The van der Waals surface area contributed by atoms with E-state index in [1.54, 1.807) is 0 Å². The van der Waals surface area contributed by atoms with Gasteiger partial charge in [0.15, 0.2) is 0 Å². The molecule has 1 heterocycles. The summed E-state index contributed by atoms with van der Waals surface area (Å²) in [6.07, 6.45) is 5.76. The zero-order valence-corrected chi connectivity index (χ0v) is 11.7. The van der Waals surface area contributed by atoms with Crippen LogP contribution in [-0.4, -0.2) is 67.5 Å². The van der Waals surface area contributed by atoms with E-state index in [0.29, 0.717) is 0 Å². The molecule has 0 bridgehead atoms. The molecule has 0 aromatic carbocycles. The van der Waals surface area contributed by atoms with E-state index in [1.165, 1.54) is 51.9 Å². The van der Waals surface area contributed by atoms with Crippen molar-refractivity contribution in [3.8, 4) is 0 Å². The number of nitrogens with zero attached hydrogens (tertiary/aromatic N) is 2. The van der Waals surface area contributed by atoms with E-state index in [9.17, 15) is 0 Å². The lowest BCUT2D eigenvalue weighted by Crippen LogP contribution is -2.50. The highest BCUT2D eigenvalue weighted by molar-refractivity contribution is 7.80. The summed E-state index contributed by atoms with van der Waals surface area (Å²) in [5.74, 6) is 0.829. The number of rotatable bonds is 6. The molecule has 1 aliphatic heterocycles. The highest BCUT2D eigenvalue weighted by atomic mass is 32.1. The summed E-state index contributed by atoms with van der Waals surface area (Å²) in [5.41, 5.74) is 0. The van der Waals surface area contributed by atoms with Gasteiger partial charge in [0, 0.05) is 44.5 Å². The Balaban J connectivity index is 1.57. The minimum absolute atomic E-state index is 0.783. The number of hydrogen-bond acceptors (Lipinski definition) is 4. The van der Waals surface area contributed by atoms with Gasteiger partial charge in [-0.05, 0) is 12.8 Å². The van der Waals surface area contributed by atoms with Crippen LogP contribution >= 0.6 is 12.6 Å². The number of hydrogen-bond donors (Lipinski definition) is 1. The molecular formula is C13H26N2OS. The Morgan fingerprint density at radius 1 is 1.00 bits per heavy atom. The van der Waals surface area contributed by atoms with E-state index in [2.05, 4.69) is 22.4 Å². The van der Waals surface area contributed by atoms with Gasteiger partial charge in [0.05, 0.1) is 13.2 Å².